The molecule has 0 saturated heterocycles. The highest BCUT2D eigenvalue weighted by Crippen LogP contribution is 2.50. The van der Waals surface area contributed by atoms with Crippen LogP contribution in [-0.2, 0) is 5.41 Å². The van der Waals surface area contributed by atoms with Crippen LogP contribution in [0, 0.1) is 0 Å². The van der Waals surface area contributed by atoms with Crippen LogP contribution in [0.3, 0.4) is 0 Å². The predicted octanol–water partition coefficient (Wildman–Crippen LogP) is 11.5. The molecule has 0 N–H and O–H groups in total. The lowest BCUT2D eigenvalue weighted by molar-refractivity contribution is 0.409. The quantitative estimate of drug-likeness (QED) is 0.186. The molecule has 234 valence electrons. The smallest absolute Gasteiger partial charge is 0.211 e. The Bertz CT molecular complexity index is 2660. The van der Waals surface area contributed by atoms with Gasteiger partial charge in [0.1, 0.15) is 0 Å². The molecule has 0 spiro atoms. The van der Waals surface area contributed by atoms with Gasteiger partial charge < -0.3 is 4.90 Å². The summed E-state index contributed by atoms with van der Waals surface area (Å²) in [5, 5.41) is 4.99. The lowest BCUT2D eigenvalue weighted by Crippen LogP contribution is -2.38. The van der Waals surface area contributed by atoms with Crippen LogP contribution in [0.25, 0.3) is 54.8 Å². The summed E-state index contributed by atoms with van der Waals surface area (Å²) in [6, 6.07) is 55.5. The van der Waals surface area contributed by atoms with Gasteiger partial charge in [-0.05, 0) is 67.9 Å². The lowest BCUT2D eigenvalue weighted by atomic mass is 9.81. The third-order valence-electron chi connectivity index (χ3n) is 11.0. The van der Waals surface area contributed by atoms with Crippen LogP contribution in [-0.4, -0.2) is 22.5 Å². The molecular formula is C46H35N3. The molecule has 10 rings (SSSR count). The van der Waals surface area contributed by atoms with Gasteiger partial charge in [-0.3, -0.25) is 4.57 Å². The Kier molecular flexibility index (Phi) is 5.90. The molecule has 0 radical (unpaired) electrons. The topological polar surface area (TPSA) is 20.5 Å². The highest BCUT2D eigenvalue weighted by atomic mass is 15.3. The van der Waals surface area contributed by atoms with E-state index in [9.17, 15) is 0 Å². The molecule has 1 aliphatic carbocycles. The van der Waals surface area contributed by atoms with Gasteiger partial charge in [0.15, 0.2) is 0 Å². The molecular weight excluding hydrogens is 595 g/mol. The van der Waals surface area contributed by atoms with E-state index in [1.807, 2.05) is 0 Å². The standard InChI is InChI=1S/C46H35N3/c1-46(2)38-19-11-9-17-34(38)35-24-22-32(27-39(35)46)44-36-18-10-12-20-40(36)47-45(48(44)3)49-41-26-23-30-15-7-8-16-33(30)43(41)37-25-21-31(28-42(37)49)29-13-5-4-6-14-29/h4-28,44H,1-3H3. The maximum atomic E-state index is 5.47. The Hall–Kier alpha value is -5.93. The molecule has 1 aliphatic heterocycles. The maximum absolute atomic E-state index is 5.47. The predicted molar refractivity (Wildman–Crippen MR) is 205 cm³/mol. The van der Waals surface area contributed by atoms with Gasteiger partial charge in [-0.1, -0.05) is 147 Å². The molecule has 8 aromatic rings. The molecule has 1 aromatic heterocycles. The van der Waals surface area contributed by atoms with Gasteiger partial charge in [0, 0.05) is 28.8 Å². The number of hydrogen-bond donors (Lipinski definition) is 0. The molecule has 3 heteroatoms. The fraction of sp³-hybridized carbons (Fsp3) is 0.109. The van der Waals surface area contributed by atoms with Crippen molar-refractivity contribution in [2.45, 2.75) is 25.3 Å². The first kappa shape index (κ1) is 28.1. The number of benzene rings is 7. The highest BCUT2D eigenvalue weighted by Gasteiger charge is 2.37. The van der Waals surface area contributed by atoms with Crippen molar-refractivity contribution < 1.29 is 0 Å². The Morgan fingerprint density at radius 1 is 0.571 bits per heavy atom. The number of rotatable bonds is 2. The molecule has 0 bridgehead atoms. The SMILES string of the molecule is CN1C(n2c3cc(-c4ccccc4)ccc3c3c4ccccc4ccc32)=Nc2ccccc2C1c1ccc2c(c1)C(C)(C)c1ccccc1-2. The summed E-state index contributed by atoms with van der Waals surface area (Å²) in [4.78, 5) is 7.86. The van der Waals surface area contributed by atoms with Crippen molar-refractivity contribution in [2.75, 3.05) is 7.05 Å². The summed E-state index contributed by atoms with van der Waals surface area (Å²) in [6.07, 6.45) is 0. The van der Waals surface area contributed by atoms with E-state index in [1.54, 1.807) is 0 Å². The Morgan fingerprint density at radius 3 is 2.22 bits per heavy atom. The van der Waals surface area contributed by atoms with Crippen molar-refractivity contribution in [3.8, 4) is 22.3 Å². The minimum absolute atomic E-state index is 0.0150. The summed E-state index contributed by atoms with van der Waals surface area (Å²) in [5.41, 5.74) is 13.6. The van der Waals surface area contributed by atoms with Gasteiger partial charge in [0.2, 0.25) is 5.96 Å². The molecule has 0 saturated carbocycles. The number of aliphatic imine (C=N–C) groups is 1. The molecule has 0 fully saturated rings. The van der Waals surface area contributed by atoms with Crippen LogP contribution in [0.15, 0.2) is 157 Å². The van der Waals surface area contributed by atoms with E-state index >= 15 is 0 Å². The van der Waals surface area contributed by atoms with E-state index < -0.39 is 0 Å². The molecule has 7 aromatic carbocycles. The fourth-order valence-corrected chi connectivity index (χ4v) is 8.65. The van der Waals surface area contributed by atoms with E-state index in [-0.39, 0.29) is 11.5 Å². The molecule has 2 aliphatic rings. The van der Waals surface area contributed by atoms with Crippen LogP contribution in [0.2, 0.25) is 0 Å². The van der Waals surface area contributed by atoms with Crippen molar-refractivity contribution in [3.05, 3.63) is 174 Å². The van der Waals surface area contributed by atoms with E-state index in [1.165, 1.54) is 66.1 Å². The monoisotopic (exact) mass is 629 g/mol. The third kappa shape index (κ3) is 3.99. The number of fused-ring (bicyclic) bond motifs is 9. The first-order valence-electron chi connectivity index (χ1n) is 17.2. The molecule has 1 atom stereocenters. The van der Waals surface area contributed by atoms with Crippen molar-refractivity contribution in [1.82, 2.24) is 9.47 Å². The molecule has 3 nitrogen and oxygen atoms in total. The first-order valence-corrected chi connectivity index (χ1v) is 17.2. The van der Waals surface area contributed by atoms with E-state index in [2.05, 4.69) is 182 Å². The van der Waals surface area contributed by atoms with Gasteiger partial charge in [-0.15, -0.1) is 0 Å². The van der Waals surface area contributed by atoms with Crippen molar-refractivity contribution in [1.29, 1.82) is 0 Å². The Morgan fingerprint density at radius 2 is 1.33 bits per heavy atom. The third-order valence-corrected chi connectivity index (χ3v) is 11.0. The average molecular weight is 630 g/mol. The highest BCUT2D eigenvalue weighted by molar-refractivity contribution is 6.24. The van der Waals surface area contributed by atoms with Crippen LogP contribution in [0.1, 0.15) is 42.1 Å². The zero-order valence-electron chi connectivity index (χ0n) is 27.9. The van der Waals surface area contributed by atoms with E-state index in [0.717, 1.165) is 22.7 Å². The molecule has 49 heavy (non-hydrogen) atoms. The number of nitrogens with zero attached hydrogens (tertiary/aromatic N) is 3. The zero-order chi connectivity index (χ0) is 32.9. The maximum Gasteiger partial charge on any atom is 0.211 e. The Balaban J connectivity index is 1.22. The van der Waals surface area contributed by atoms with Gasteiger partial charge in [0.05, 0.1) is 22.8 Å². The van der Waals surface area contributed by atoms with E-state index in [4.69, 9.17) is 4.99 Å². The number of aromatic nitrogens is 1. The average Bonchev–Trinajstić information content (AvgIpc) is 3.60. The number of hydrogen-bond acceptors (Lipinski definition) is 2. The minimum Gasteiger partial charge on any atom is -0.334 e. The summed E-state index contributed by atoms with van der Waals surface area (Å²) in [5.74, 6) is 0.923. The van der Waals surface area contributed by atoms with Crippen LogP contribution >= 0.6 is 0 Å². The van der Waals surface area contributed by atoms with Crippen LogP contribution in [0.4, 0.5) is 5.69 Å². The van der Waals surface area contributed by atoms with Gasteiger partial charge in [-0.25, -0.2) is 4.99 Å². The summed E-state index contributed by atoms with van der Waals surface area (Å²) in [6.45, 7) is 4.72. The van der Waals surface area contributed by atoms with Crippen molar-refractivity contribution >= 4 is 44.2 Å². The van der Waals surface area contributed by atoms with Gasteiger partial charge >= 0.3 is 0 Å². The second kappa shape index (κ2) is 10.3. The first-order chi connectivity index (χ1) is 24.0. The molecule has 1 unspecified atom stereocenters. The largest absolute Gasteiger partial charge is 0.334 e. The van der Waals surface area contributed by atoms with Crippen LogP contribution < -0.4 is 0 Å². The zero-order valence-corrected chi connectivity index (χ0v) is 27.9. The van der Waals surface area contributed by atoms with E-state index in [0.29, 0.717) is 0 Å². The normalized spacial score (nSPS) is 16.1. The summed E-state index contributed by atoms with van der Waals surface area (Å²) >= 11 is 0. The lowest BCUT2D eigenvalue weighted by Gasteiger charge is -2.37. The molecule has 0 amide bonds. The summed E-state index contributed by atoms with van der Waals surface area (Å²) < 4.78 is 2.40. The van der Waals surface area contributed by atoms with Crippen molar-refractivity contribution in [3.63, 3.8) is 0 Å². The van der Waals surface area contributed by atoms with Gasteiger partial charge in [0.25, 0.3) is 0 Å². The Labute approximate surface area is 286 Å². The van der Waals surface area contributed by atoms with Crippen molar-refractivity contribution in [2.24, 2.45) is 4.99 Å². The molecule has 2 heterocycles. The van der Waals surface area contributed by atoms with Gasteiger partial charge in [-0.2, -0.15) is 0 Å². The fourth-order valence-electron chi connectivity index (χ4n) is 8.65. The second-order valence-electron chi connectivity index (χ2n) is 14.1. The minimum atomic E-state index is -0.0761. The second-order valence-corrected chi connectivity index (χ2v) is 14.1. The van der Waals surface area contributed by atoms with Crippen LogP contribution in [0.5, 0.6) is 0 Å². The number of para-hydroxylation sites is 1. The summed E-state index contributed by atoms with van der Waals surface area (Å²) in [7, 11) is 2.21.